The summed E-state index contributed by atoms with van der Waals surface area (Å²) in [7, 11) is 1.56. The molecule has 1 aromatic carbocycles. The van der Waals surface area contributed by atoms with E-state index in [4.69, 9.17) is 4.74 Å². The van der Waals surface area contributed by atoms with Gasteiger partial charge in [0.15, 0.2) is 0 Å². The molecule has 0 N–H and O–H groups in total. The van der Waals surface area contributed by atoms with Crippen molar-refractivity contribution < 1.29 is 33.5 Å². The molecule has 0 atom stereocenters. The van der Waals surface area contributed by atoms with Gasteiger partial charge in [-0.2, -0.15) is 0 Å². The Morgan fingerprint density at radius 3 is 2.87 bits per heavy atom. The summed E-state index contributed by atoms with van der Waals surface area (Å²) in [4.78, 5) is 14.4. The van der Waals surface area contributed by atoms with E-state index in [0.29, 0.717) is 11.3 Å². The smallest absolute Gasteiger partial charge is 0.542 e. The summed E-state index contributed by atoms with van der Waals surface area (Å²) in [5.41, 5.74) is 0.648. The van der Waals surface area contributed by atoms with Gasteiger partial charge in [0.25, 0.3) is 0 Å². The average Bonchev–Trinajstić information content (AvgIpc) is 2.59. The minimum atomic E-state index is -1.25. The van der Waals surface area contributed by atoms with Gasteiger partial charge in [-0.3, -0.25) is 0 Å². The van der Waals surface area contributed by atoms with Gasteiger partial charge in [0.1, 0.15) is 16.7 Å². The van der Waals surface area contributed by atoms with E-state index >= 15 is 0 Å². The molecule has 0 unspecified atom stereocenters. The van der Waals surface area contributed by atoms with E-state index in [2.05, 4.69) is 4.98 Å². The fourth-order valence-corrected chi connectivity index (χ4v) is 1.95. The Labute approximate surface area is 102 Å². The van der Waals surface area contributed by atoms with Crippen LogP contribution in [0.2, 0.25) is 0 Å². The SMILES string of the molecule is COc1ccc2nc(C(=O)[O-])sc2c1.[Li+]. The molecular weight excluding hydrogens is 209 g/mol. The van der Waals surface area contributed by atoms with E-state index < -0.39 is 5.97 Å². The average molecular weight is 215 g/mol. The van der Waals surface area contributed by atoms with Gasteiger partial charge in [-0.05, 0) is 18.2 Å². The van der Waals surface area contributed by atoms with Crippen LogP contribution in [0, 0.1) is 0 Å². The molecule has 6 heteroatoms. The molecule has 0 fully saturated rings. The number of fused-ring (bicyclic) bond motifs is 1. The van der Waals surface area contributed by atoms with Crippen molar-refractivity contribution in [1.29, 1.82) is 0 Å². The molecule has 4 nitrogen and oxygen atoms in total. The van der Waals surface area contributed by atoms with Gasteiger partial charge >= 0.3 is 18.9 Å². The number of methoxy groups -OCH3 is 1. The third kappa shape index (κ3) is 2.32. The second-order valence-electron chi connectivity index (χ2n) is 2.64. The Morgan fingerprint density at radius 2 is 2.27 bits per heavy atom. The molecule has 2 aromatic rings. The quantitative estimate of drug-likeness (QED) is 0.527. The van der Waals surface area contributed by atoms with E-state index in [1.807, 2.05) is 0 Å². The van der Waals surface area contributed by atoms with Crippen LogP contribution in [0.25, 0.3) is 10.2 Å². The minimum Gasteiger partial charge on any atom is -0.542 e. The first-order chi connectivity index (χ1) is 6.70. The number of ether oxygens (including phenoxy) is 1. The van der Waals surface area contributed by atoms with Crippen molar-refractivity contribution in [2.75, 3.05) is 7.11 Å². The van der Waals surface area contributed by atoms with Crippen molar-refractivity contribution in [2.24, 2.45) is 0 Å². The van der Waals surface area contributed by atoms with Crippen LogP contribution in [0.5, 0.6) is 5.75 Å². The largest absolute Gasteiger partial charge is 1.00 e. The molecule has 0 aliphatic rings. The second kappa shape index (κ2) is 4.66. The van der Waals surface area contributed by atoms with E-state index in [0.717, 1.165) is 16.0 Å². The van der Waals surface area contributed by atoms with Crippen LogP contribution in [0.3, 0.4) is 0 Å². The summed E-state index contributed by atoms with van der Waals surface area (Å²) in [5, 5.41) is 10.5. The number of thiazole rings is 1. The molecule has 15 heavy (non-hydrogen) atoms. The van der Waals surface area contributed by atoms with Crippen molar-refractivity contribution in [1.82, 2.24) is 4.98 Å². The molecule has 72 valence electrons. The van der Waals surface area contributed by atoms with Crippen molar-refractivity contribution in [3.05, 3.63) is 23.2 Å². The summed E-state index contributed by atoms with van der Waals surface area (Å²) in [5.74, 6) is -0.559. The zero-order chi connectivity index (χ0) is 10.1. The molecular formula is C9H6LiNO3S. The predicted molar refractivity (Wildman–Crippen MR) is 50.5 cm³/mol. The first-order valence-corrected chi connectivity index (χ1v) is 4.68. The van der Waals surface area contributed by atoms with E-state index in [-0.39, 0.29) is 23.9 Å². The molecule has 0 aliphatic carbocycles. The number of hydrogen-bond donors (Lipinski definition) is 0. The molecule has 0 saturated heterocycles. The van der Waals surface area contributed by atoms with E-state index in [1.165, 1.54) is 0 Å². The number of rotatable bonds is 2. The first-order valence-electron chi connectivity index (χ1n) is 3.86. The Balaban J connectivity index is 0.00000112. The fraction of sp³-hybridized carbons (Fsp3) is 0.111. The summed E-state index contributed by atoms with van der Waals surface area (Å²) in [6, 6.07) is 5.21. The van der Waals surface area contributed by atoms with Gasteiger partial charge in [0.05, 0.1) is 17.3 Å². The predicted octanol–water partition coefficient (Wildman–Crippen LogP) is -2.33. The topological polar surface area (TPSA) is 62.2 Å². The number of hydrogen-bond acceptors (Lipinski definition) is 5. The third-order valence-electron chi connectivity index (χ3n) is 1.77. The summed E-state index contributed by atoms with van der Waals surface area (Å²) < 4.78 is 5.79. The maximum atomic E-state index is 10.5. The fourth-order valence-electron chi connectivity index (χ4n) is 1.12. The Bertz CT molecular complexity index is 497. The molecule has 2 rings (SSSR count). The van der Waals surface area contributed by atoms with Crippen LogP contribution < -0.4 is 28.7 Å². The van der Waals surface area contributed by atoms with Gasteiger partial charge < -0.3 is 14.6 Å². The molecule has 0 spiro atoms. The molecule has 1 heterocycles. The zero-order valence-electron chi connectivity index (χ0n) is 8.31. The number of carboxylic acids is 1. The molecule has 0 amide bonds. The Morgan fingerprint density at radius 1 is 1.53 bits per heavy atom. The normalized spacial score (nSPS) is 9.67. The zero-order valence-corrected chi connectivity index (χ0v) is 9.13. The summed E-state index contributed by atoms with van der Waals surface area (Å²) in [6.45, 7) is 0. The number of aromatic carboxylic acids is 1. The Hall–Kier alpha value is -1.02. The molecule has 0 aliphatic heterocycles. The molecule has 1 aromatic heterocycles. The van der Waals surface area contributed by atoms with Crippen LogP contribution >= 0.6 is 11.3 Å². The van der Waals surface area contributed by atoms with E-state index in [9.17, 15) is 9.90 Å². The Kier molecular flexibility index (Phi) is 3.75. The van der Waals surface area contributed by atoms with Crippen LogP contribution in [-0.2, 0) is 0 Å². The van der Waals surface area contributed by atoms with Crippen molar-refractivity contribution >= 4 is 27.5 Å². The maximum Gasteiger partial charge on any atom is 1.00 e. The van der Waals surface area contributed by atoms with Gasteiger partial charge in [-0.25, -0.2) is 4.98 Å². The van der Waals surface area contributed by atoms with Crippen molar-refractivity contribution in [2.45, 2.75) is 0 Å². The first kappa shape index (κ1) is 12.0. The summed E-state index contributed by atoms with van der Waals surface area (Å²) in [6.07, 6.45) is 0. The number of carboxylic acid groups (broad SMARTS) is 1. The van der Waals surface area contributed by atoms with Crippen LogP contribution in [0.4, 0.5) is 0 Å². The van der Waals surface area contributed by atoms with Gasteiger partial charge in [-0.15, -0.1) is 11.3 Å². The van der Waals surface area contributed by atoms with E-state index in [1.54, 1.807) is 25.3 Å². The van der Waals surface area contributed by atoms with Crippen LogP contribution in [0.15, 0.2) is 18.2 Å². The monoisotopic (exact) mass is 215 g/mol. The number of benzene rings is 1. The van der Waals surface area contributed by atoms with Crippen LogP contribution in [0.1, 0.15) is 9.80 Å². The number of carbonyl (C=O) groups is 1. The van der Waals surface area contributed by atoms with Crippen LogP contribution in [-0.4, -0.2) is 18.1 Å². The second-order valence-corrected chi connectivity index (χ2v) is 3.67. The number of nitrogens with zero attached hydrogens (tertiary/aromatic N) is 1. The summed E-state index contributed by atoms with van der Waals surface area (Å²) >= 11 is 1.08. The molecule has 0 bridgehead atoms. The van der Waals surface area contributed by atoms with Gasteiger partial charge in [0, 0.05) is 0 Å². The molecule has 0 saturated carbocycles. The standard InChI is InChI=1S/C9H7NO3S.Li/c1-13-5-2-3-6-7(4-5)14-8(10-6)9(11)12;/h2-4H,1H3,(H,11,12);/q;+1/p-1. The maximum absolute atomic E-state index is 10.5. The molecule has 0 radical (unpaired) electrons. The number of aromatic nitrogens is 1. The van der Waals surface area contributed by atoms with Crippen molar-refractivity contribution in [3.8, 4) is 5.75 Å². The van der Waals surface area contributed by atoms with Crippen molar-refractivity contribution in [3.63, 3.8) is 0 Å². The minimum absolute atomic E-state index is 0. The van der Waals surface area contributed by atoms with Gasteiger partial charge in [0.2, 0.25) is 0 Å². The number of carbonyl (C=O) groups excluding carboxylic acids is 1. The third-order valence-corrected chi connectivity index (χ3v) is 2.77. The van der Waals surface area contributed by atoms with Gasteiger partial charge in [-0.1, -0.05) is 0 Å².